The van der Waals surface area contributed by atoms with Crippen molar-refractivity contribution in [3.05, 3.63) is 12.2 Å². The minimum atomic E-state index is -0.486. The smallest absolute Gasteiger partial charge is 0.410 e. The Balaban J connectivity index is 1.65. The van der Waals surface area contributed by atoms with Crippen LogP contribution in [0.2, 0.25) is 0 Å². The minimum absolute atomic E-state index is 0.167. The Morgan fingerprint density at radius 3 is 2.52 bits per heavy atom. The third-order valence-corrected chi connectivity index (χ3v) is 3.86. The quantitative estimate of drug-likeness (QED) is 0.794. The van der Waals surface area contributed by atoms with Crippen LogP contribution < -0.4 is 5.32 Å². The highest BCUT2D eigenvalue weighted by Crippen LogP contribution is 2.11. The molecule has 2 heterocycles. The van der Waals surface area contributed by atoms with E-state index in [1.165, 1.54) is 12.3 Å². The average Bonchev–Trinajstić information content (AvgIpc) is 2.54. The van der Waals surface area contributed by atoms with Gasteiger partial charge in [0.05, 0.1) is 5.92 Å². The van der Waals surface area contributed by atoms with Crippen LogP contribution in [0.4, 0.5) is 4.79 Å². The zero-order valence-corrected chi connectivity index (χ0v) is 15.0. The number of nitrogens with zero attached hydrogens (tertiary/aromatic N) is 3. The molecule has 138 valence electrons. The van der Waals surface area contributed by atoms with Gasteiger partial charge in [0.2, 0.25) is 5.91 Å². The third-order valence-electron chi connectivity index (χ3n) is 3.86. The number of carbonyl (C=O) groups is 3. The van der Waals surface area contributed by atoms with Crippen LogP contribution in [0.1, 0.15) is 20.8 Å². The van der Waals surface area contributed by atoms with Gasteiger partial charge in [-0.3, -0.25) is 14.5 Å². The standard InChI is InChI=1S/C17H26N4O4/c1-17(2,3)25-16(24)21-10-8-20(9-11-21)7-6-18-15(23)13-4-5-14(22)19-12-13/h4-5,12-13H,6-11H2,1-3H3,(H,18,23). The molecule has 2 aliphatic rings. The number of piperazine rings is 1. The second-order valence-corrected chi connectivity index (χ2v) is 7.10. The fourth-order valence-corrected chi connectivity index (χ4v) is 2.52. The number of nitrogens with one attached hydrogen (secondary N) is 1. The van der Waals surface area contributed by atoms with Gasteiger partial charge in [-0.15, -0.1) is 0 Å². The summed E-state index contributed by atoms with van der Waals surface area (Å²) >= 11 is 0. The monoisotopic (exact) mass is 350 g/mol. The van der Waals surface area contributed by atoms with Crippen LogP contribution >= 0.6 is 0 Å². The summed E-state index contributed by atoms with van der Waals surface area (Å²) in [5.74, 6) is -0.992. The molecule has 0 saturated carbocycles. The van der Waals surface area contributed by atoms with Crippen molar-refractivity contribution in [3.8, 4) is 0 Å². The van der Waals surface area contributed by atoms with Gasteiger partial charge >= 0.3 is 6.09 Å². The molecule has 8 heteroatoms. The number of dihydropyridines is 1. The molecule has 1 saturated heterocycles. The topological polar surface area (TPSA) is 91.3 Å². The molecule has 0 spiro atoms. The van der Waals surface area contributed by atoms with Gasteiger partial charge in [-0.1, -0.05) is 6.08 Å². The molecule has 0 aromatic carbocycles. The largest absolute Gasteiger partial charge is 0.444 e. The molecule has 8 nitrogen and oxygen atoms in total. The normalized spacial score (nSPS) is 21.3. The van der Waals surface area contributed by atoms with E-state index < -0.39 is 11.5 Å². The predicted octanol–water partition coefficient (Wildman–Crippen LogP) is 0.439. The average molecular weight is 350 g/mol. The van der Waals surface area contributed by atoms with E-state index in [0.29, 0.717) is 26.2 Å². The van der Waals surface area contributed by atoms with Gasteiger partial charge in [0.1, 0.15) is 5.60 Å². The second kappa shape index (κ2) is 8.24. The van der Waals surface area contributed by atoms with Crippen molar-refractivity contribution >= 4 is 24.1 Å². The molecule has 1 unspecified atom stereocenters. The number of amides is 3. The Morgan fingerprint density at radius 2 is 1.96 bits per heavy atom. The highest BCUT2D eigenvalue weighted by Gasteiger charge is 2.25. The van der Waals surface area contributed by atoms with Gasteiger partial charge in [-0.2, -0.15) is 0 Å². The number of hydrogen-bond donors (Lipinski definition) is 1. The van der Waals surface area contributed by atoms with Gasteiger partial charge in [-0.05, 0) is 20.8 Å². The van der Waals surface area contributed by atoms with E-state index in [1.54, 1.807) is 11.0 Å². The van der Waals surface area contributed by atoms with Gasteiger partial charge in [0, 0.05) is 51.6 Å². The number of aliphatic imine (C=N–C) groups is 1. The second-order valence-electron chi connectivity index (χ2n) is 7.10. The summed E-state index contributed by atoms with van der Waals surface area (Å²) in [6.07, 6.45) is 3.93. The lowest BCUT2D eigenvalue weighted by atomic mass is 10.1. The summed E-state index contributed by atoms with van der Waals surface area (Å²) < 4.78 is 5.37. The van der Waals surface area contributed by atoms with E-state index in [2.05, 4.69) is 15.2 Å². The van der Waals surface area contributed by atoms with E-state index in [9.17, 15) is 14.4 Å². The summed E-state index contributed by atoms with van der Waals surface area (Å²) in [6.45, 7) is 9.50. The molecular formula is C17H26N4O4. The molecule has 0 radical (unpaired) electrons. The summed E-state index contributed by atoms with van der Waals surface area (Å²) in [4.78, 5) is 42.4. The number of carbonyl (C=O) groups excluding carboxylic acids is 3. The molecule has 0 bridgehead atoms. The van der Waals surface area contributed by atoms with Crippen molar-refractivity contribution in [2.75, 3.05) is 39.3 Å². The SMILES string of the molecule is CC(C)(C)OC(=O)N1CCN(CCNC(=O)C2C=CC(=O)N=C2)CC1. The van der Waals surface area contributed by atoms with Gasteiger partial charge in [-0.25, -0.2) is 9.79 Å². The maximum Gasteiger partial charge on any atom is 0.410 e. The van der Waals surface area contributed by atoms with Gasteiger partial charge in [0.15, 0.2) is 0 Å². The van der Waals surface area contributed by atoms with Crippen molar-refractivity contribution in [1.82, 2.24) is 15.1 Å². The number of ether oxygens (including phenoxy) is 1. The lowest BCUT2D eigenvalue weighted by molar-refractivity contribution is -0.121. The van der Waals surface area contributed by atoms with Crippen LogP contribution in [0.3, 0.4) is 0 Å². The molecule has 0 aliphatic carbocycles. The van der Waals surface area contributed by atoms with E-state index in [0.717, 1.165) is 13.1 Å². The van der Waals surface area contributed by atoms with E-state index in [1.807, 2.05) is 20.8 Å². The number of hydrogen-bond acceptors (Lipinski definition) is 5. The molecule has 1 fully saturated rings. The van der Waals surface area contributed by atoms with E-state index in [-0.39, 0.29) is 17.9 Å². The Labute approximate surface area is 147 Å². The van der Waals surface area contributed by atoms with E-state index >= 15 is 0 Å². The molecule has 1 N–H and O–H groups in total. The summed E-state index contributed by atoms with van der Waals surface area (Å²) in [5.41, 5.74) is -0.486. The first-order valence-corrected chi connectivity index (χ1v) is 8.49. The van der Waals surface area contributed by atoms with Crippen LogP contribution in [-0.2, 0) is 14.3 Å². The predicted molar refractivity (Wildman–Crippen MR) is 93.4 cm³/mol. The van der Waals surface area contributed by atoms with Crippen LogP contribution in [0.15, 0.2) is 17.1 Å². The molecule has 2 aliphatic heterocycles. The zero-order valence-electron chi connectivity index (χ0n) is 15.0. The summed E-state index contributed by atoms with van der Waals surface area (Å²) in [7, 11) is 0. The molecule has 0 aromatic heterocycles. The van der Waals surface area contributed by atoms with Gasteiger partial charge in [0.25, 0.3) is 5.91 Å². The van der Waals surface area contributed by atoms with Crippen LogP contribution in [0, 0.1) is 5.92 Å². The van der Waals surface area contributed by atoms with E-state index in [4.69, 9.17) is 4.74 Å². The molecule has 2 rings (SSSR count). The minimum Gasteiger partial charge on any atom is -0.444 e. The summed E-state index contributed by atoms with van der Waals surface area (Å²) in [6, 6.07) is 0. The molecule has 1 atom stereocenters. The van der Waals surface area contributed by atoms with Crippen LogP contribution in [0.25, 0.3) is 0 Å². The Kier molecular flexibility index (Phi) is 6.30. The Hall–Kier alpha value is -2.22. The first kappa shape index (κ1) is 19.1. The first-order chi connectivity index (χ1) is 11.7. The maximum atomic E-state index is 12.0. The molecule has 25 heavy (non-hydrogen) atoms. The molecular weight excluding hydrogens is 324 g/mol. The Morgan fingerprint density at radius 1 is 1.28 bits per heavy atom. The van der Waals surface area contributed by atoms with Crippen LogP contribution in [-0.4, -0.2) is 78.8 Å². The fraction of sp³-hybridized carbons (Fsp3) is 0.647. The van der Waals surface area contributed by atoms with Crippen LogP contribution in [0.5, 0.6) is 0 Å². The third kappa shape index (κ3) is 6.30. The van der Waals surface area contributed by atoms with Crippen molar-refractivity contribution in [2.45, 2.75) is 26.4 Å². The first-order valence-electron chi connectivity index (χ1n) is 8.49. The maximum absolute atomic E-state index is 12.0. The fourth-order valence-electron chi connectivity index (χ4n) is 2.52. The van der Waals surface area contributed by atoms with Crippen molar-refractivity contribution in [1.29, 1.82) is 0 Å². The molecule has 3 amide bonds. The zero-order chi connectivity index (χ0) is 18.4. The Bertz CT molecular complexity index is 556. The highest BCUT2D eigenvalue weighted by atomic mass is 16.6. The lowest BCUT2D eigenvalue weighted by Crippen LogP contribution is -2.51. The highest BCUT2D eigenvalue weighted by molar-refractivity contribution is 6.05. The van der Waals surface area contributed by atoms with Crippen molar-refractivity contribution in [2.24, 2.45) is 10.9 Å². The number of rotatable bonds is 4. The summed E-state index contributed by atoms with van der Waals surface area (Å²) in [5, 5.41) is 2.84. The molecule has 0 aromatic rings. The van der Waals surface area contributed by atoms with Gasteiger partial charge < -0.3 is 15.0 Å². The lowest BCUT2D eigenvalue weighted by Gasteiger charge is -2.35. The van der Waals surface area contributed by atoms with Crippen molar-refractivity contribution < 1.29 is 19.1 Å². The van der Waals surface area contributed by atoms with Crippen molar-refractivity contribution in [3.63, 3.8) is 0 Å².